The van der Waals surface area contributed by atoms with Gasteiger partial charge >= 0.3 is 0 Å². The minimum Gasteiger partial charge on any atom is -0.504 e. The van der Waals surface area contributed by atoms with E-state index in [-0.39, 0.29) is 22.7 Å². The van der Waals surface area contributed by atoms with Gasteiger partial charge < -0.3 is 15.6 Å². The topological polar surface area (TPSA) is 153 Å². The Bertz CT molecular complexity index is 1080. The number of fused-ring (bicyclic) bond motifs is 1. The minimum absolute atomic E-state index is 0.0204. The Labute approximate surface area is 156 Å². The first kappa shape index (κ1) is 18.1. The van der Waals surface area contributed by atoms with E-state index in [1.54, 1.807) is 18.2 Å². The second-order valence-corrected chi connectivity index (χ2v) is 6.34. The van der Waals surface area contributed by atoms with Crippen molar-refractivity contribution in [3.05, 3.63) is 51.6 Å². The van der Waals surface area contributed by atoms with Crippen LogP contribution in [-0.2, 0) is 0 Å². The molecule has 0 radical (unpaired) electrons. The van der Waals surface area contributed by atoms with Crippen molar-refractivity contribution in [1.82, 2.24) is 10.4 Å². The number of amides is 1. The summed E-state index contributed by atoms with van der Waals surface area (Å²) in [5.74, 6) is -0.912. The van der Waals surface area contributed by atoms with Crippen molar-refractivity contribution < 1.29 is 19.6 Å². The number of nitrogen functional groups attached to an aromatic ring is 1. The van der Waals surface area contributed by atoms with Crippen LogP contribution in [0.2, 0.25) is 0 Å². The summed E-state index contributed by atoms with van der Waals surface area (Å²) in [6.07, 6.45) is 1.09. The van der Waals surface area contributed by atoms with E-state index in [0.29, 0.717) is 16.2 Å². The molecule has 0 saturated heterocycles. The molecule has 0 unspecified atom stereocenters. The molecule has 0 aliphatic rings. The van der Waals surface area contributed by atoms with Gasteiger partial charge in [-0.2, -0.15) is 5.10 Å². The highest BCUT2D eigenvalue weighted by molar-refractivity contribution is 7.22. The second kappa shape index (κ2) is 7.25. The van der Waals surface area contributed by atoms with Crippen LogP contribution in [0.25, 0.3) is 10.2 Å². The maximum Gasteiger partial charge on any atom is 0.274 e. The summed E-state index contributed by atoms with van der Waals surface area (Å²) in [6.45, 7) is 0. The number of benzene rings is 2. The number of non-ortho nitro benzene ring substituents is 1. The fraction of sp³-hybridized carbons (Fsp3) is 0.0625. The van der Waals surface area contributed by atoms with Crippen LogP contribution < -0.4 is 15.9 Å². The lowest BCUT2D eigenvalue weighted by atomic mass is 10.1. The molecule has 11 heteroatoms. The summed E-state index contributed by atoms with van der Waals surface area (Å²) in [6, 6.07) is 7.06. The lowest BCUT2D eigenvalue weighted by Gasteiger charge is -2.06. The molecule has 0 aliphatic heterocycles. The standard InChI is InChI=1S/C16H13N5O5S/c1-26-12-6-10(21(24)25)4-9(14(12)22)7-18-20-15(23)8-2-3-11-13(5-8)27-16(17)19-11/h2-7,22H,1H3,(H2,17,19)(H,20,23)/b18-7-. The number of phenolic OH excluding ortho intramolecular Hbond substituents is 1. The third kappa shape index (κ3) is 3.77. The molecular formula is C16H13N5O5S. The fourth-order valence-corrected chi connectivity index (χ4v) is 3.06. The van der Waals surface area contributed by atoms with Crippen LogP contribution in [0.15, 0.2) is 35.4 Å². The van der Waals surface area contributed by atoms with Gasteiger partial charge in [0.05, 0.1) is 34.5 Å². The van der Waals surface area contributed by atoms with E-state index in [2.05, 4.69) is 15.5 Å². The van der Waals surface area contributed by atoms with Crippen molar-refractivity contribution in [1.29, 1.82) is 0 Å². The Kier molecular flexibility index (Phi) is 4.86. The molecule has 1 heterocycles. The van der Waals surface area contributed by atoms with E-state index >= 15 is 0 Å². The third-order valence-corrected chi connectivity index (χ3v) is 4.40. The molecular weight excluding hydrogens is 374 g/mol. The zero-order valence-corrected chi connectivity index (χ0v) is 14.7. The van der Waals surface area contributed by atoms with Crippen LogP contribution in [0, 0.1) is 10.1 Å². The van der Waals surface area contributed by atoms with Crippen LogP contribution in [0.5, 0.6) is 11.5 Å². The zero-order valence-electron chi connectivity index (χ0n) is 13.9. The normalized spacial score (nSPS) is 11.0. The maximum atomic E-state index is 12.2. The van der Waals surface area contributed by atoms with Gasteiger partial charge in [-0.1, -0.05) is 11.3 Å². The van der Waals surface area contributed by atoms with Gasteiger partial charge in [-0.05, 0) is 18.2 Å². The molecule has 138 valence electrons. The molecule has 0 saturated carbocycles. The number of nitro benzene ring substituents is 1. The number of methoxy groups -OCH3 is 1. The van der Waals surface area contributed by atoms with E-state index < -0.39 is 10.8 Å². The molecule has 0 aliphatic carbocycles. The quantitative estimate of drug-likeness (QED) is 0.345. The summed E-state index contributed by atoms with van der Waals surface area (Å²) in [7, 11) is 1.27. The highest BCUT2D eigenvalue weighted by Crippen LogP contribution is 2.33. The number of hydrogen-bond acceptors (Lipinski definition) is 9. The van der Waals surface area contributed by atoms with Crippen LogP contribution in [0.4, 0.5) is 10.8 Å². The number of hydrazone groups is 1. The minimum atomic E-state index is -0.631. The number of hydrogen-bond donors (Lipinski definition) is 3. The average Bonchev–Trinajstić information content (AvgIpc) is 3.01. The average molecular weight is 387 g/mol. The molecule has 10 nitrogen and oxygen atoms in total. The van der Waals surface area contributed by atoms with Gasteiger partial charge in [-0.15, -0.1) is 0 Å². The summed E-state index contributed by atoms with van der Waals surface area (Å²) < 4.78 is 5.65. The monoisotopic (exact) mass is 387 g/mol. The second-order valence-electron chi connectivity index (χ2n) is 5.28. The fourth-order valence-electron chi connectivity index (χ4n) is 2.28. The molecule has 0 atom stereocenters. The molecule has 0 bridgehead atoms. The number of nitrogens with two attached hydrogens (primary N) is 1. The summed E-state index contributed by atoms with van der Waals surface area (Å²) in [5.41, 5.74) is 8.69. The smallest absolute Gasteiger partial charge is 0.274 e. The number of nitrogens with zero attached hydrogens (tertiary/aromatic N) is 3. The van der Waals surface area contributed by atoms with Crippen molar-refractivity contribution in [3.8, 4) is 11.5 Å². The van der Waals surface area contributed by atoms with Crippen LogP contribution in [0.1, 0.15) is 15.9 Å². The largest absolute Gasteiger partial charge is 0.504 e. The lowest BCUT2D eigenvalue weighted by Crippen LogP contribution is -2.17. The summed E-state index contributed by atoms with van der Waals surface area (Å²) >= 11 is 1.25. The predicted molar refractivity (Wildman–Crippen MR) is 100 cm³/mol. The lowest BCUT2D eigenvalue weighted by molar-refractivity contribution is -0.385. The Hall–Kier alpha value is -3.73. The first-order valence-electron chi connectivity index (χ1n) is 7.44. The van der Waals surface area contributed by atoms with Gasteiger partial charge in [0, 0.05) is 17.2 Å². The van der Waals surface area contributed by atoms with Crippen molar-refractivity contribution in [2.45, 2.75) is 0 Å². The Morgan fingerprint density at radius 1 is 1.44 bits per heavy atom. The number of thiazole rings is 1. The summed E-state index contributed by atoms with van der Waals surface area (Å²) in [5, 5.41) is 25.1. The van der Waals surface area contributed by atoms with Crippen molar-refractivity contribution >= 4 is 44.5 Å². The van der Waals surface area contributed by atoms with Crippen LogP contribution in [-0.4, -0.2) is 34.2 Å². The maximum absolute atomic E-state index is 12.2. The molecule has 2 aromatic carbocycles. The molecule has 27 heavy (non-hydrogen) atoms. The van der Waals surface area contributed by atoms with Gasteiger partial charge in [0.15, 0.2) is 16.6 Å². The first-order chi connectivity index (χ1) is 12.9. The molecule has 3 rings (SSSR count). The number of aromatic nitrogens is 1. The highest BCUT2D eigenvalue weighted by Gasteiger charge is 2.16. The predicted octanol–water partition coefficient (Wildman–Crippen LogP) is 2.26. The number of anilines is 1. The number of carbonyl (C=O) groups excluding carboxylic acids is 1. The number of carbonyl (C=O) groups is 1. The van der Waals surface area contributed by atoms with Gasteiger partial charge in [-0.25, -0.2) is 10.4 Å². The van der Waals surface area contributed by atoms with E-state index in [0.717, 1.165) is 23.0 Å². The number of aromatic hydroxyl groups is 1. The number of nitro groups is 1. The van der Waals surface area contributed by atoms with Crippen molar-refractivity contribution in [3.63, 3.8) is 0 Å². The number of rotatable bonds is 5. The summed E-state index contributed by atoms with van der Waals surface area (Å²) in [4.78, 5) is 26.6. The van der Waals surface area contributed by atoms with Gasteiger partial charge in [0.1, 0.15) is 0 Å². The third-order valence-electron chi connectivity index (χ3n) is 3.56. The van der Waals surface area contributed by atoms with E-state index in [9.17, 15) is 20.0 Å². The molecule has 0 spiro atoms. The van der Waals surface area contributed by atoms with E-state index in [1.165, 1.54) is 18.4 Å². The van der Waals surface area contributed by atoms with Crippen LogP contribution >= 0.6 is 11.3 Å². The van der Waals surface area contributed by atoms with Gasteiger partial charge in [-0.3, -0.25) is 14.9 Å². The van der Waals surface area contributed by atoms with Gasteiger partial charge in [0.2, 0.25) is 0 Å². The zero-order chi connectivity index (χ0) is 19.6. The highest BCUT2D eigenvalue weighted by atomic mass is 32.1. The van der Waals surface area contributed by atoms with Crippen LogP contribution in [0.3, 0.4) is 0 Å². The number of phenols is 1. The number of ether oxygens (including phenoxy) is 1. The first-order valence-corrected chi connectivity index (χ1v) is 8.25. The SMILES string of the molecule is COc1cc([N+](=O)[O-])cc(/C=N\NC(=O)c2ccc3nc(N)sc3c2)c1O. The Balaban J connectivity index is 1.80. The Morgan fingerprint density at radius 3 is 2.93 bits per heavy atom. The molecule has 1 aromatic heterocycles. The van der Waals surface area contributed by atoms with Crippen molar-refractivity contribution in [2.24, 2.45) is 5.10 Å². The molecule has 0 fully saturated rings. The molecule has 3 aromatic rings. The van der Waals surface area contributed by atoms with Crippen molar-refractivity contribution in [2.75, 3.05) is 12.8 Å². The van der Waals surface area contributed by atoms with E-state index in [1.807, 2.05) is 0 Å². The molecule has 4 N–H and O–H groups in total. The molecule has 1 amide bonds. The Morgan fingerprint density at radius 2 is 2.22 bits per heavy atom. The van der Waals surface area contributed by atoms with Gasteiger partial charge in [0.25, 0.3) is 11.6 Å². The van der Waals surface area contributed by atoms with E-state index in [4.69, 9.17) is 10.5 Å². The number of nitrogens with one attached hydrogen (secondary N) is 1.